The molecular formula is C14H22N4O. The van der Waals surface area contributed by atoms with Crippen molar-refractivity contribution in [3.8, 4) is 0 Å². The van der Waals surface area contributed by atoms with Gasteiger partial charge in [-0.25, -0.2) is 4.98 Å². The first-order chi connectivity index (χ1) is 9.10. The molecule has 0 saturated heterocycles. The van der Waals surface area contributed by atoms with Crippen molar-refractivity contribution in [2.75, 3.05) is 14.1 Å². The van der Waals surface area contributed by atoms with Crippen molar-refractivity contribution in [2.24, 2.45) is 7.05 Å². The smallest absolute Gasteiger partial charge is 0.122 e. The molecule has 2 aromatic rings. The summed E-state index contributed by atoms with van der Waals surface area (Å²) in [5.74, 6) is 3.05. The lowest BCUT2D eigenvalue weighted by atomic mass is 10.2. The summed E-state index contributed by atoms with van der Waals surface area (Å²) in [5, 5.41) is 3.10. The van der Waals surface area contributed by atoms with Crippen LogP contribution in [0, 0.1) is 6.92 Å². The van der Waals surface area contributed by atoms with Crippen LogP contribution in [0.25, 0.3) is 0 Å². The number of rotatable bonds is 6. The summed E-state index contributed by atoms with van der Waals surface area (Å²) >= 11 is 0. The largest absolute Gasteiger partial charge is 0.465 e. The predicted octanol–water partition coefficient (Wildman–Crippen LogP) is 1.67. The summed E-state index contributed by atoms with van der Waals surface area (Å²) in [4.78, 5) is 6.58. The van der Waals surface area contributed by atoms with E-state index in [4.69, 9.17) is 4.42 Å². The molecule has 0 atom stereocenters. The number of nitrogens with one attached hydrogen (secondary N) is 1. The minimum absolute atomic E-state index is 0.768. The Morgan fingerprint density at radius 2 is 2.21 bits per heavy atom. The molecule has 0 aromatic carbocycles. The number of nitrogens with zero attached hydrogens (tertiary/aromatic N) is 3. The molecule has 0 spiro atoms. The van der Waals surface area contributed by atoms with Crippen molar-refractivity contribution in [1.29, 1.82) is 0 Å². The lowest BCUT2D eigenvalue weighted by Gasteiger charge is -2.15. The van der Waals surface area contributed by atoms with E-state index in [1.54, 1.807) is 0 Å². The minimum atomic E-state index is 0.768. The van der Waals surface area contributed by atoms with E-state index in [1.165, 1.54) is 5.56 Å². The number of aryl methyl sites for hydroxylation is 2. The molecule has 0 amide bonds. The van der Waals surface area contributed by atoms with E-state index in [1.807, 2.05) is 38.0 Å². The van der Waals surface area contributed by atoms with Gasteiger partial charge in [0.25, 0.3) is 0 Å². The molecule has 5 nitrogen and oxygen atoms in total. The first kappa shape index (κ1) is 13.8. The standard InChI is InChI=1S/C14H22N4O/c1-11-12(7-13(19-11)8-15-2)9-17(3)10-14-16-5-6-18(14)4/h5-7,15H,8-10H2,1-4H3. The first-order valence-corrected chi connectivity index (χ1v) is 6.47. The molecule has 0 unspecified atom stereocenters. The van der Waals surface area contributed by atoms with Gasteiger partial charge in [-0.05, 0) is 27.1 Å². The summed E-state index contributed by atoms with van der Waals surface area (Å²) in [6.07, 6.45) is 3.80. The van der Waals surface area contributed by atoms with Gasteiger partial charge in [0.1, 0.15) is 17.3 Å². The van der Waals surface area contributed by atoms with Crippen LogP contribution in [-0.4, -0.2) is 28.5 Å². The molecule has 0 bridgehead atoms. The Labute approximate surface area is 114 Å². The third-order valence-corrected chi connectivity index (χ3v) is 3.20. The number of hydrogen-bond acceptors (Lipinski definition) is 4. The van der Waals surface area contributed by atoms with E-state index in [-0.39, 0.29) is 0 Å². The van der Waals surface area contributed by atoms with E-state index in [9.17, 15) is 0 Å². The predicted molar refractivity (Wildman–Crippen MR) is 74.6 cm³/mol. The number of aromatic nitrogens is 2. The quantitative estimate of drug-likeness (QED) is 0.860. The second kappa shape index (κ2) is 6.04. The molecule has 1 N–H and O–H groups in total. The zero-order chi connectivity index (χ0) is 13.8. The van der Waals surface area contributed by atoms with E-state index < -0.39 is 0 Å². The molecule has 19 heavy (non-hydrogen) atoms. The summed E-state index contributed by atoms with van der Waals surface area (Å²) in [6.45, 7) is 4.48. The summed E-state index contributed by atoms with van der Waals surface area (Å²) in [7, 11) is 6.04. The Kier molecular flexibility index (Phi) is 4.39. The number of furan rings is 1. The van der Waals surface area contributed by atoms with Crippen molar-refractivity contribution in [3.05, 3.63) is 41.4 Å². The third-order valence-electron chi connectivity index (χ3n) is 3.20. The van der Waals surface area contributed by atoms with Gasteiger partial charge in [0, 0.05) is 31.5 Å². The third kappa shape index (κ3) is 3.45. The minimum Gasteiger partial charge on any atom is -0.465 e. The molecule has 0 fully saturated rings. The molecule has 0 aliphatic rings. The van der Waals surface area contributed by atoms with E-state index >= 15 is 0 Å². The molecule has 2 aromatic heterocycles. The maximum atomic E-state index is 5.70. The van der Waals surface area contributed by atoms with Crippen molar-refractivity contribution in [2.45, 2.75) is 26.6 Å². The van der Waals surface area contributed by atoms with Crippen LogP contribution in [0.4, 0.5) is 0 Å². The highest BCUT2D eigenvalue weighted by atomic mass is 16.3. The maximum Gasteiger partial charge on any atom is 0.122 e. The average molecular weight is 262 g/mol. The van der Waals surface area contributed by atoms with Crippen molar-refractivity contribution in [3.63, 3.8) is 0 Å². The fraction of sp³-hybridized carbons (Fsp3) is 0.500. The second-order valence-electron chi connectivity index (χ2n) is 4.95. The number of hydrogen-bond donors (Lipinski definition) is 1. The van der Waals surface area contributed by atoms with Crippen molar-refractivity contribution in [1.82, 2.24) is 19.8 Å². The van der Waals surface area contributed by atoms with Crippen LogP contribution >= 0.6 is 0 Å². The summed E-state index contributed by atoms with van der Waals surface area (Å²) in [6, 6.07) is 2.13. The first-order valence-electron chi connectivity index (χ1n) is 6.47. The van der Waals surface area contributed by atoms with E-state index in [0.29, 0.717) is 0 Å². The lowest BCUT2D eigenvalue weighted by Crippen LogP contribution is -2.19. The lowest BCUT2D eigenvalue weighted by molar-refractivity contribution is 0.304. The molecule has 0 aliphatic carbocycles. The van der Waals surface area contributed by atoms with Gasteiger partial charge < -0.3 is 14.3 Å². The highest BCUT2D eigenvalue weighted by Crippen LogP contribution is 2.17. The molecule has 0 aliphatic heterocycles. The highest BCUT2D eigenvalue weighted by Gasteiger charge is 2.11. The molecule has 2 heterocycles. The van der Waals surface area contributed by atoms with Gasteiger partial charge in [0.15, 0.2) is 0 Å². The van der Waals surface area contributed by atoms with Crippen LogP contribution < -0.4 is 5.32 Å². The molecule has 0 radical (unpaired) electrons. The molecule has 2 rings (SSSR count). The average Bonchev–Trinajstić information content (AvgIpc) is 2.88. The van der Waals surface area contributed by atoms with Gasteiger partial charge in [-0.2, -0.15) is 0 Å². The molecule has 0 saturated carbocycles. The zero-order valence-electron chi connectivity index (χ0n) is 12.1. The van der Waals surface area contributed by atoms with Crippen molar-refractivity contribution < 1.29 is 4.42 Å². The Balaban J connectivity index is 1.98. The van der Waals surface area contributed by atoms with Crippen LogP contribution in [0.5, 0.6) is 0 Å². The monoisotopic (exact) mass is 262 g/mol. The van der Waals surface area contributed by atoms with Crippen LogP contribution in [0.15, 0.2) is 22.9 Å². The highest BCUT2D eigenvalue weighted by molar-refractivity contribution is 5.20. The Bertz CT molecular complexity index is 529. The van der Waals surface area contributed by atoms with Crippen LogP contribution in [0.1, 0.15) is 22.9 Å². The fourth-order valence-electron chi connectivity index (χ4n) is 2.14. The van der Waals surface area contributed by atoms with Crippen LogP contribution in [0.2, 0.25) is 0 Å². The SMILES string of the molecule is CNCc1cc(CN(C)Cc2nccn2C)c(C)o1. The zero-order valence-corrected chi connectivity index (χ0v) is 12.1. The van der Waals surface area contributed by atoms with Gasteiger partial charge >= 0.3 is 0 Å². The Morgan fingerprint density at radius 1 is 1.42 bits per heavy atom. The Hall–Kier alpha value is -1.59. The summed E-state index contributed by atoms with van der Waals surface area (Å²) < 4.78 is 7.75. The van der Waals surface area contributed by atoms with Gasteiger partial charge in [0.2, 0.25) is 0 Å². The summed E-state index contributed by atoms with van der Waals surface area (Å²) in [5.41, 5.74) is 1.24. The van der Waals surface area contributed by atoms with Gasteiger partial charge in [-0.1, -0.05) is 0 Å². The van der Waals surface area contributed by atoms with Gasteiger partial charge in [0.05, 0.1) is 13.1 Å². The van der Waals surface area contributed by atoms with Crippen LogP contribution in [-0.2, 0) is 26.7 Å². The van der Waals surface area contributed by atoms with Crippen molar-refractivity contribution >= 4 is 0 Å². The van der Waals surface area contributed by atoms with Gasteiger partial charge in [-0.15, -0.1) is 0 Å². The second-order valence-corrected chi connectivity index (χ2v) is 4.95. The topological polar surface area (TPSA) is 46.2 Å². The normalized spacial score (nSPS) is 11.4. The van der Waals surface area contributed by atoms with Gasteiger partial charge in [-0.3, -0.25) is 4.90 Å². The molecular weight excluding hydrogens is 240 g/mol. The molecule has 5 heteroatoms. The van der Waals surface area contributed by atoms with Crippen LogP contribution in [0.3, 0.4) is 0 Å². The van der Waals surface area contributed by atoms with E-state index in [2.05, 4.69) is 28.3 Å². The fourth-order valence-corrected chi connectivity index (χ4v) is 2.14. The van der Waals surface area contributed by atoms with E-state index in [0.717, 1.165) is 37.0 Å². The maximum absolute atomic E-state index is 5.70. The Morgan fingerprint density at radius 3 is 2.84 bits per heavy atom. The molecule has 104 valence electrons. The number of imidazole rings is 1.